The Kier molecular flexibility index (Phi) is 5.21. The molecule has 29 heavy (non-hydrogen) atoms. The number of likely N-dealkylation sites (N-methyl/N-ethyl adjacent to an activating group) is 1. The smallest absolute Gasteiger partial charge is 0.342 e. The van der Waals surface area contributed by atoms with Gasteiger partial charge in [0.15, 0.2) is 0 Å². The largest absolute Gasteiger partial charge is 0.465 e. The van der Waals surface area contributed by atoms with Crippen molar-refractivity contribution < 1.29 is 13.9 Å². The number of esters is 1. The average molecular weight is 396 g/mol. The highest BCUT2D eigenvalue weighted by Crippen LogP contribution is 2.49. The van der Waals surface area contributed by atoms with Crippen LogP contribution in [-0.2, 0) is 16.1 Å². The van der Waals surface area contributed by atoms with E-state index in [4.69, 9.17) is 9.15 Å². The van der Waals surface area contributed by atoms with Crippen LogP contribution in [-0.4, -0.2) is 37.1 Å². The first-order valence-electron chi connectivity index (χ1n) is 10.2. The minimum atomic E-state index is -0.366. The highest BCUT2D eigenvalue weighted by Gasteiger charge is 2.53. The molecule has 4 rings (SSSR count). The fraction of sp³-hybridized carbons (Fsp3) is 0.478. The minimum absolute atomic E-state index is 0.0659. The van der Waals surface area contributed by atoms with Crippen LogP contribution < -0.4 is 10.5 Å². The molecule has 0 saturated carbocycles. The van der Waals surface area contributed by atoms with Gasteiger partial charge in [-0.05, 0) is 32.4 Å². The molecule has 6 heteroatoms. The van der Waals surface area contributed by atoms with Gasteiger partial charge in [0.25, 0.3) is 0 Å². The van der Waals surface area contributed by atoms with Crippen molar-refractivity contribution in [3.8, 4) is 0 Å². The quantitative estimate of drug-likeness (QED) is 0.740. The number of hydrogen-bond acceptors (Lipinski definition) is 6. The van der Waals surface area contributed by atoms with Gasteiger partial charge in [0, 0.05) is 31.1 Å². The Hall–Kier alpha value is -2.60. The molecule has 0 unspecified atom stereocenters. The molecular formula is C23H28N2O4. The molecule has 1 saturated heterocycles. The maximum absolute atomic E-state index is 12.9. The molecule has 2 aliphatic heterocycles. The van der Waals surface area contributed by atoms with E-state index in [1.54, 1.807) is 6.92 Å². The minimum Gasteiger partial charge on any atom is -0.465 e. The number of carbonyl (C=O) groups excluding carboxylic acids is 1. The van der Waals surface area contributed by atoms with E-state index < -0.39 is 0 Å². The lowest BCUT2D eigenvalue weighted by molar-refractivity contribution is -0.149. The number of aryl methyl sites for hydroxylation is 1. The van der Waals surface area contributed by atoms with Crippen LogP contribution in [0.4, 0.5) is 5.69 Å². The van der Waals surface area contributed by atoms with Crippen molar-refractivity contribution in [2.45, 2.75) is 39.4 Å². The molecule has 0 spiro atoms. The second-order valence-corrected chi connectivity index (χ2v) is 8.14. The number of fused-ring (bicyclic) bond motifs is 3. The van der Waals surface area contributed by atoms with Crippen molar-refractivity contribution >= 4 is 11.7 Å². The van der Waals surface area contributed by atoms with E-state index >= 15 is 0 Å². The van der Waals surface area contributed by atoms with Crippen molar-refractivity contribution in [3.63, 3.8) is 0 Å². The fourth-order valence-corrected chi connectivity index (χ4v) is 5.11. The fourth-order valence-electron chi connectivity index (χ4n) is 5.11. The van der Waals surface area contributed by atoms with E-state index in [-0.39, 0.29) is 35.5 Å². The van der Waals surface area contributed by atoms with Crippen molar-refractivity contribution in [2.75, 3.05) is 25.1 Å². The van der Waals surface area contributed by atoms with E-state index in [1.165, 1.54) is 5.56 Å². The number of benzene rings is 1. The molecular weight excluding hydrogens is 368 g/mol. The summed E-state index contributed by atoms with van der Waals surface area (Å²) >= 11 is 0. The number of rotatable bonds is 4. The zero-order valence-electron chi connectivity index (χ0n) is 17.4. The molecule has 2 aromatic rings. The lowest BCUT2D eigenvalue weighted by atomic mass is 9.82. The van der Waals surface area contributed by atoms with Crippen molar-refractivity contribution in [1.82, 2.24) is 4.90 Å². The maximum atomic E-state index is 12.9. The summed E-state index contributed by atoms with van der Waals surface area (Å²) in [5.41, 5.74) is 2.44. The third-order valence-corrected chi connectivity index (χ3v) is 6.36. The van der Waals surface area contributed by atoms with Crippen LogP contribution in [0.1, 0.15) is 36.8 Å². The van der Waals surface area contributed by atoms with E-state index in [1.807, 2.05) is 43.1 Å². The topological polar surface area (TPSA) is 63.0 Å². The van der Waals surface area contributed by atoms with Gasteiger partial charge in [-0.2, -0.15) is 0 Å². The van der Waals surface area contributed by atoms with Crippen LogP contribution in [0.25, 0.3) is 0 Å². The van der Waals surface area contributed by atoms with E-state index in [9.17, 15) is 9.59 Å². The summed E-state index contributed by atoms with van der Waals surface area (Å²) in [6.07, 6.45) is 0. The third kappa shape index (κ3) is 3.35. The Morgan fingerprint density at radius 1 is 1.28 bits per heavy atom. The lowest BCUT2D eigenvalue weighted by Gasteiger charge is -2.40. The molecule has 0 aliphatic carbocycles. The van der Waals surface area contributed by atoms with Crippen molar-refractivity contribution in [3.05, 3.63) is 63.7 Å². The van der Waals surface area contributed by atoms with E-state index in [0.29, 0.717) is 24.5 Å². The standard InChI is InChI=1S/C23H28N2O4/c1-5-28-23(27)20-15(3)17-13-25(12-16-9-7-6-8-10-16)18-11-14(2)29-22(26)19(18)21(17)24(20)4/h6-11,15,17,20-21H,5,12-13H2,1-4H3/t15-,17-,20-,21+/m0/s1. The van der Waals surface area contributed by atoms with Crippen LogP contribution in [0.2, 0.25) is 0 Å². The normalized spacial score (nSPS) is 26.1. The monoisotopic (exact) mass is 396 g/mol. The lowest BCUT2D eigenvalue weighted by Crippen LogP contribution is -2.42. The first-order chi connectivity index (χ1) is 13.9. The van der Waals surface area contributed by atoms with Gasteiger partial charge in [-0.3, -0.25) is 9.69 Å². The summed E-state index contributed by atoms with van der Waals surface area (Å²) in [6.45, 7) is 7.54. The molecule has 0 N–H and O–H groups in total. The van der Waals surface area contributed by atoms with Gasteiger partial charge in [0.05, 0.1) is 17.9 Å². The Bertz CT molecular complexity index is 955. The molecule has 2 aliphatic rings. The predicted octanol–water partition coefficient (Wildman–Crippen LogP) is 3.14. The molecule has 1 aromatic heterocycles. The number of anilines is 1. The Morgan fingerprint density at radius 3 is 2.69 bits per heavy atom. The summed E-state index contributed by atoms with van der Waals surface area (Å²) in [4.78, 5) is 29.9. The van der Waals surface area contributed by atoms with Crippen molar-refractivity contribution in [2.24, 2.45) is 11.8 Å². The zero-order valence-corrected chi connectivity index (χ0v) is 17.4. The highest BCUT2D eigenvalue weighted by molar-refractivity contribution is 5.77. The van der Waals surface area contributed by atoms with Crippen LogP contribution in [0.5, 0.6) is 0 Å². The Labute approximate surface area is 171 Å². The number of ether oxygens (including phenoxy) is 1. The molecule has 1 fully saturated rings. The summed E-state index contributed by atoms with van der Waals surface area (Å²) in [7, 11) is 1.92. The van der Waals surface area contributed by atoms with Gasteiger partial charge in [-0.1, -0.05) is 37.3 Å². The summed E-state index contributed by atoms with van der Waals surface area (Å²) in [5, 5.41) is 0. The SMILES string of the molecule is CCOC(=O)[C@@H]1[C@@H](C)[C@@H]2CN(Cc3ccccc3)c3cc(C)oc(=O)c3[C@@H]2N1C. The Morgan fingerprint density at radius 2 is 2.00 bits per heavy atom. The van der Waals surface area contributed by atoms with Gasteiger partial charge in [0.1, 0.15) is 11.8 Å². The second kappa shape index (κ2) is 7.67. The molecule has 1 aromatic carbocycles. The zero-order chi connectivity index (χ0) is 20.7. The molecule has 0 bridgehead atoms. The molecule has 6 nitrogen and oxygen atoms in total. The number of carbonyl (C=O) groups is 1. The van der Waals surface area contributed by atoms with Gasteiger partial charge in [-0.15, -0.1) is 0 Å². The number of hydrogen-bond donors (Lipinski definition) is 0. The molecule has 3 heterocycles. The first kappa shape index (κ1) is 19.7. The second-order valence-electron chi connectivity index (χ2n) is 8.14. The van der Waals surface area contributed by atoms with Gasteiger partial charge in [0.2, 0.25) is 0 Å². The molecule has 0 radical (unpaired) electrons. The van der Waals surface area contributed by atoms with Crippen LogP contribution in [0, 0.1) is 18.8 Å². The Balaban J connectivity index is 1.78. The van der Waals surface area contributed by atoms with Crippen LogP contribution >= 0.6 is 0 Å². The first-order valence-corrected chi connectivity index (χ1v) is 10.2. The molecule has 4 atom stereocenters. The summed E-state index contributed by atoms with van der Waals surface area (Å²) in [6, 6.07) is 11.7. The van der Waals surface area contributed by atoms with Gasteiger partial charge < -0.3 is 14.1 Å². The predicted molar refractivity (Wildman–Crippen MR) is 111 cm³/mol. The molecule has 154 valence electrons. The van der Waals surface area contributed by atoms with Crippen LogP contribution in [0.3, 0.4) is 0 Å². The summed E-state index contributed by atoms with van der Waals surface area (Å²) in [5.74, 6) is 0.581. The van der Waals surface area contributed by atoms with E-state index in [2.05, 4.69) is 24.0 Å². The highest BCUT2D eigenvalue weighted by atomic mass is 16.5. The van der Waals surface area contributed by atoms with Crippen LogP contribution in [0.15, 0.2) is 45.6 Å². The number of likely N-dealkylation sites (tertiary alicyclic amines) is 1. The molecule has 0 amide bonds. The van der Waals surface area contributed by atoms with Gasteiger partial charge >= 0.3 is 11.6 Å². The maximum Gasteiger partial charge on any atom is 0.342 e. The van der Waals surface area contributed by atoms with E-state index in [0.717, 1.165) is 12.2 Å². The average Bonchev–Trinajstić information content (AvgIpc) is 2.93. The summed E-state index contributed by atoms with van der Waals surface area (Å²) < 4.78 is 10.8. The van der Waals surface area contributed by atoms with Gasteiger partial charge in [-0.25, -0.2) is 4.79 Å². The third-order valence-electron chi connectivity index (χ3n) is 6.36. The number of nitrogens with zero attached hydrogens (tertiary/aromatic N) is 2. The van der Waals surface area contributed by atoms with Crippen molar-refractivity contribution in [1.29, 1.82) is 0 Å².